The first kappa shape index (κ1) is 22.7. The average molecular weight is 487 g/mol. The first-order valence-electron chi connectivity index (χ1n) is 11.3. The Balaban J connectivity index is 1.24. The number of morpholine rings is 1. The number of anilines is 3. The van der Waals surface area contributed by atoms with Crippen LogP contribution < -0.4 is 14.7 Å². The lowest BCUT2D eigenvalue weighted by molar-refractivity contribution is -0.121. The molecule has 0 aliphatic carbocycles. The number of piperazine rings is 1. The van der Waals surface area contributed by atoms with Crippen LogP contribution in [0.4, 0.5) is 17.2 Å². The number of ether oxygens (including phenoxy) is 1. The summed E-state index contributed by atoms with van der Waals surface area (Å²) >= 11 is 0. The van der Waals surface area contributed by atoms with E-state index in [0.29, 0.717) is 45.1 Å². The Morgan fingerprint density at radius 1 is 0.794 bits per heavy atom. The minimum absolute atomic E-state index is 0.143. The second kappa shape index (κ2) is 9.28. The Morgan fingerprint density at radius 3 is 2.09 bits per heavy atom. The van der Waals surface area contributed by atoms with E-state index in [-0.39, 0.29) is 29.6 Å². The van der Waals surface area contributed by atoms with Crippen LogP contribution in [0.1, 0.15) is 12.8 Å². The van der Waals surface area contributed by atoms with Crippen molar-refractivity contribution < 1.29 is 22.7 Å². The Labute approximate surface area is 197 Å². The lowest BCUT2D eigenvalue weighted by Crippen LogP contribution is -2.48. The van der Waals surface area contributed by atoms with Gasteiger partial charge in [0.05, 0.1) is 35.7 Å². The smallest absolute Gasteiger partial charge is 0.243 e. The molecule has 1 aromatic carbocycles. The maximum Gasteiger partial charge on any atom is 0.243 e. The highest BCUT2D eigenvalue weighted by molar-refractivity contribution is 7.89. The van der Waals surface area contributed by atoms with Gasteiger partial charge in [-0.2, -0.15) is 9.40 Å². The summed E-state index contributed by atoms with van der Waals surface area (Å²) in [6, 6.07) is 7.93. The average Bonchev–Trinajstić information content (AvgIpc) is 3.22. The number of sulfonamides is 1. The van der Waals surface area contributed by atoms with E-state index in [1.54, 1.807) is 6.20 Å². The molecule has 2 amide bonds. The molecule has 11 nitrogen and oxygen atoms in total. The van der Waals surface area contributed by atoms with E-state index in [1.165, 1.54) is 28.6 Å². The number of rotatable bonds is 5. The zero-order chi connectivity index (χ0) is 23.7. The van der Waals surface area contributed by atoms with Crippen molar-refractivity contribution in [2.75, 3.05) is 67.2 Å². The third kappa shape index (κ3) is 4.36. The zero-order valence-electron chi connectivity index (χ0n) is 18.7. The van der Waals surface area contributed by atoms with Crippen LogP contribution in [0.3, 0.4) is 0 Å². The van der Waals surface area contributed by atoms with Crippen molar-refractivity contribution in [3.05, 3.63) is 36.5 Å². The van der Waals surface area contributed by atoms with Crippen LogP contribution in [0.2, 0.25) is 0 Å². The molecule has 0 spiro atoms. The second-order valence-electron chi connectivity index (χ2n) is 8.38. The molecule has 0 atom stereocenters. The van der Waals surface area contributed by atoms with Crippen molar-refractivity contribution in [1.29, 1.82) is 0 Å². The van der Waals surface area contributed by atoms with Crippen molar-refractivity contribution in [2.45, 2.75) is 17.7 Å². The van der Waals surface area contributed by atoms with E-state index in [2.05, 4.69) is 20.0 Å². The van der Waals surface area contributed by atoms with Crippen molar-refractivity contribution in [3.8, 4) is 0 Å². The number of hydrogen-bond acceptors (Lipinski definition) is 9. The van der Waals surface area contributed by atoms with Gasteiger partial charge in [0.1, 0.15) is 0 Å². The van der Waals surface area contributed by atoms with Gasteiger partial charge in [0, 0.05) is 58.2 Å². The minimum atomic E-state index is -3.69. The monoisotopic (exact) mass is 486 g/mol. The molecule has 0 bridgehead atoms. The second-order valence-corrected chi connectivity index (χ2v) is 10.3. The van der Waals surface area contributed by atoms with Gasteiger partial charge >= 0.3 is 0 Å². The van der Waals surface area contributed by atoms with Crippen molar-refractivity contribution in [3.63, 3.8) is 0 Å². The third-order valence-electron chi connectivity index (χ3n) is 6.35. The zero-order valence-corrected chi connectivity index (χ0v) is 19.5. The van der Waals surface area contributed by atoms with Gasteiger partial charge in [-0.1, -0.05) is 0 Å². The fourth-order valence-electron chi connectivity index (χ4n) is 4.43. The van der Waals surface area contributed by atoms with E-state index < -0.39 is 10.0 Å². The molecule has 180 valence electrons. The van der Waals surface area contributed by atoms with Gasteiger partial charge in [-0.3, -0.25) is 14.5 Å². The van der Waals surface area contributed by atoms with E-state index in [9.17, 15) is 18.0 Å². The Bertz CT molecular complexity index is 1160. The van der Waals surface area contributed by atoms with Crippen LogP contribution in [-0.2, 0) is 24.3 Å². The molecule has 0 unspecified atom stereocenters. The fourth-order valence-corrected chi connectivity index (χ4v) is 5.86. The van der Waals surface area contributed by atoms with Gasteiger partial charge in [-0.15, -0.1) is 5.10 Å². The van der Waals surface area contributed by atoms with Gasteiger partial charge in [-0.05, 0) is 24.3 Å². The molecule has 5 rings (SSSR count). The molecular weight excluding hydrogens is 460 g/mol. The largest absolute Gasteiger partial charge is 0.378 e. The molecule has 4 heterocycles. The quantitative estimate of drug-likeness (QED) is 0.556. The third-order valence-corrected chi connectivity index (χ3v) is 8.26. The van der Waals surface area contributed by atoms with Crippen LogP contribution in [0.25, 0.3) is 0 Å². The van der Waals surface area contributed by atoms with Gasteiger partial charge < -0.3 is 14.5 Å². The predicted octanol–water partition coefficient (Wildman–Crippen LogP) is 0.478. The molecule has 3 saturated heterocycles. The first-order chi connectivity index (χ1) is 16.4. The van der Waals surface area contributed by atoms with Crippen LogP contribution in [0.5, 0.6) is 0 Å². The van der Waals surface area contributed by atoms with Crippen molar-refractivity contribution in [2.24, 2.45) is 0 Å². The summed E-state index contributed by atoms with van der Waals surface area (Å²) in [6.45, 7) is 4.59. The van der Waals surface area contributed by atoms with Crippen LogP contribution in [0.15, 0.2) is 41.4 Å². The van der Waals surface area contributed by atoms with E-state index in [4.69, 9.17) is 4.74 Å². The van der Waals surface area contributed by atoms with Crippen LogP contribution in [0, 0.1) is 0 Å². The summed E-state index contributed by atoms with van der Waals surface area (Å²) in [6.07, 6.45) is 2.07. The van der Waals surface area contributed by atoms with Gasteiger partial charge in [0.25, 0.3) is 0 Å². The molecular formula is C22H26N6O5S. The number of imide groups is 1. The highest BCUT2D eigenvalue weighted by Crippen LogP contribution is 2.27. The molecule has 12 heteroatoms. The number of hydrogen-bond donors (Lipinski definition) is 0. The van der Waals surface area contributed by atoms with E-state index >= 15 is 0 Å². The summed E-state index contributed by atoms with van der Waals surface area (Å²) in [4.78, 5) is 29.4. The Morgan fingerprint density at radius 2 is 1.44 bits per heavy atom. The van der Waals surface area contributed by atoms with Gasteiger partial charge in [-0.25, -0.2) is 8.42 Å². The predicted molar refractivity (Wildman–Crippen MR) is 124 cm³/mol. The number of benzene rings is 1. The lowest BCUT2D eigenvalue weighted by Gasteiger charge is -2.35. The Hall–Kier alpha value is -3.09. The van der Waals surface area contributed by atoms with Gasteiger partial charge in [0.2, 0.25) is 21.8 Å². The number of aromatic nitrogens is 2. The molecule has 2 aromatic rings. The maximum absolute atomic E-state index is 13.2. The highest BCUT2D eigenvalue weighted by Gasteiger charge is 2.32. The molecule has 0 saturated carbocycles. The molecule has 0 radical (unpaired) electrons. The topological polar surface area (TPSA) is 116 Å². The van der Waals surface area contributed by atoms with Gasteiger partial charge in [0.15, 0.2) is 5.82 Å². The number of nitrogens with zero attached hydrogens (tertiary/aromatic N) is 6. The first-order valence-corrected chi connectivity index (χ1v) is 12.7. The summed E-state index contributed by atoms with van der Waals surface area (Å²) < 4.78 is 33.2. The minimum Gasteiger partial charge on any atom is -0.378 e. The lowest BCUT2D eigenvalue weighted by atomic mass is 10.3. The number of amides is 2. The molecule has 3 aliphatic rings. The highest BCUT2D eigenvalue weighted by atomic mass is 32.2. The standard InChI is InChI=1S/C22H26N6O5S/c29-21-5-6-22(30)28(21)17-1-3-19(4-2-17)34(31,32)27-9-7-25(8-10-27)18-15-20(24-23-16-18)26-11-13-33-14-12-26/h1-4,15-16H,5-14H2. The SMILES string of the molecule is O=C1CCC(=O)N1c1ccc(S(=O)(=O)N2CCN(c3cnnc(N4CCOCC4)c3)CC2)cc1. The fraction of sp³-hybridized carbons (Fsp3) is 0.455. The van der Waals surface area contributed by atoms with E-state index in [1.807, 2.05) is 6.07 Å². The van der Waals surface area contributed by atoms with Crippen molar-refractivity contribution in [1.82, 2.24) is 14.5 Å². The molecule has 0 N–H and O–H groups in total. The normalized spacial score (nSPS) is 20.3. The number of carbonyl (C=O) groups excluding carboxylic acids is 2. The summed E-state index contributed by atoms with van der Waals surface area (Å²) in [5, 5.41) is 8.38. The molecule has 1 aromatic heterocycles. The number of carbonyl (C=O) groups is 2. The summed E-state index contributed by atoms with van der Waals surface area (Å²) in [5.74, 6) is 0.268. The summed E-state index contributed by atoms with van der Waals surface area (Å²) in [7, 11) is -3.69. The van der Waals surface area contributed by atoms with Crippen LogP contribution >= 0.6 is 0 Å². The van der Waals surface area contributed by atoms with E-state index in [0.717, 1.165) is 29.5 Å². The molecule has 34 heavy (non-hydrogen) atoms. The molecule has 3 aliphatic heterocycles. The maximum atomic E-state index is 13.2. The molecule has 3 fully saturated rings. The Kier molecular flexibility index (Phi) is 6.19. The van der Waals surface area contributed by atoms with Crippen LogP contribution in [-0.4, -0.2) is 87.2 Å². The summed E-state index contributed by atoms with van der Waals surface area (Å²) in [5.41, 5.74) is 1.32. The van der Waals surface area contributed by atoms with Crippen molar-refractivity contribution >= 4 is 39.0 Å².